The van der Waals surface area contributed by atoms with Gasteiger partial charge >= 0.3 is 0 Å². The molecule has 0 N–H and O–H groups in total. The van der Waals surface area contributed by atoms with Crippen LogP contribution in [0.2, 0.25) is 0 Å². The molecular weight excluding hydrogens is 328 g/mol. The molecule has 1 aromatic rings. The van der Waals surface area contributed by atoms with Crippen molar-refractivity contribution in [1.29, 1.82) is 0 Å². The Morgan fingerprint density at radius 3 is 2.19 bits per heavy atom. The van der Waals surface area contributed by atoms with Crippen molar-refractivity contribution in [2.24, 2.45) is 5.41 Å². The van der Waals surface area contributed by atoms with Gasteiger partial charge in [0.1, 0.15) is 0 Å². The summed E-state index contributed by atoms with van der Waals surface area (Å²) >= 11 is 0. The van der Waals surface area contributed by atoms with Crippen molar-refractivity contribution in [3.63, 3.8) is 0 Å². The number of benzene rings is 1. The Bertz CT molecular complexity index is 669. The number of likely N-dealkylation sites (tertiary alicyclic amines) is 1. The molecule has 0 unspecified atom stereocenters. The van der Waals surface area contributed by atoms with Crippen molar-refractivity contribution in [2.75, 3.05) is 31.1 Å². The first-order valence-electron chi connectivity index (χ1n) is 10.3. The normalized spacial score (nSPS) is 16.0. The summed E-state index contributed by atoms with van der Waals surface area (Å²) in [5, 5.41) is 0. The average Bonchev–Trinajstić information content (AvgIpc) is 2.60. The number of hydrogen-bond donors (Lipinski definition) is 0. The number of hydrogen-bond acceptors (Lipinski definition) is 2. The molecule has 2 heteroatoms. The Balaban J connectivity index is 2.07. The van der Waals surface area contributed by atoms with E-state index in [0.29, 0.717) is 5.41 Å². The molecule has 1 heterocycles. The van der Waals surface area contributed by atoms with E-state index in [2.05, 4.69) is 87.9 Å². The topological polar surface area (TPSA) is 6.48 Å². The monoisotopic (exact) mass is 366 g/mol. The summed E-state index contributed by atoms with van der Waals surface area (Å²) < 4.78 is 0. The molecule has 2 nitrogen and oxygen atoms in total. The van der Waals surface area contributed by atoms with Crippen molar-refractivity contribution < 1.29 is 0 Å². The largest absolute Gasteiger partial charge is 0.372 e. The van der Waals surface area contributed by atoms with Crippen LogP contribution in [0.25, 0.3) is 0 Å². The SMILES string of the molecule is C=C(C)CN(CC1(C)CCN(C(=C)C=C(C)C)CC1)c1ccc(CC)cc1. The summed E-state index contributed by atoms with van der Waals surface area (Å²) in [6.45, 7) is 23.7. The summed E-state index contributed by atoms with van der Waals surface area (Å²) in [6, 6.07) is 9.07. The number of rotatable bonds is 8. The summed E-state index contributed by atoms with van der Waals surface area (Å²) in [5.74, 6) is 0. The summed E-state index contributed by atoms with van der Waals surface area (Å²) in [6.07, 6.45) is 5.68. The van der Waals surface area contributed by atoms with Gasteiger partial charge < -0.3 is 9.80 Å². The minimum atomic E-state index is 0.320. The van der Waals surface area contributed by atoms with Crippen molar-refractivity contribution in [3.8, 4) is 0 Å². The molecule has 0 aromatic heterocycles. The van der Waals surface area contributed by atoms with Gasteiger partial charge in [0, 0.05) is 37.6 Å². The Morgan fingerprint density at radius 2 is 1.70 bits per heavy atom. The third kappa shape index (κ3) is 6.30. The zero-order valence-corrected chi connectivity index (χ0v) is 18.1. The molecule has 1 aliphatic heterocycles. The maximum absolute atomic E-state index is 4.26. The van der Waals surface area contributed by atoms with Crippen molar-refractivity contribution in [1.82, 2.24) is 4.90 Å². The highest BCUT2D eigenvalue weighted by Crippen LogP contribution is 2.35. The lowest BCUT2D eigenvalue weighted by molar-refractivity contribution is 0.153. The van der Waals surface area contributed by atoms with E-state index in [1.165, 1.54) is 35.2 Å². The molecule has 2 rings (SSSR count). The van der Waals surface area contributed by atoms with Gasteiger partial charge in [-0.15, -0.1) is 0 Å². The molecule has 0 atom stereocenters. The number of nitrogens with zero attached hydrogens (tertiary/aromatic N) is 2. The second-order valence-corrected chi connectivity index (χ2v) is 8.84. The smallest absolute Gasteiger partial charge is 0.0383 e. The maximum atomic E-state index is 4.26. The van der Waals surface area contributed by atoms with Crippen molar-refractivity contribution >= 4 is 5.69 Å². The van der Waals surface area contributed by atoms with Crippen LogP contribution >= 0.6 is 0 Å². The fourth-order valence-corrected chi connectivity index (χ4v) is 3.88. The molecule has 148 valence electrons. The molecule has 0 saturated carbocycles. The van der Waals surface area contributed by atoms with Crippen LogP contribution in [0.3, 0.4) is 0 Å². The molecule has 0 spiro atoms. The molecule has 1 fully saturated rings. The molecule has 0 radical (unpaired) electrons. The first-order valence-corrected chi connectivity index (χ1v) is 10.3. The van der Waals surface area contributed by atoms with E-state index in [1.54, 1.807) is 0 Å². The minimum Gasteiger partial charge on any atom is -0.372 e. The predicted molar refractivity (Wildman–Crippen MR) is 120 cm³/mol. The Hall–Kier alpha value is -1.96. The van der Waals surface area contributed by atoms with Crippen LogP contribution in [0.1, 0.15) is 53.0 Å². The molecule has 0 aliphatic carbocycles. The number of allylic oxidation sites excluding steroid dienone is 2. The van der Waals surface area contributed by atoms with Crippen LogP contribution in [-0.4, -0.2) is 31.1 Å². The molecule has 1 aliphatic rings. The number of piperidine rings is 1. The summed E-state index contributed by atoms with van der Waals surface area (Å²) in [7, 11) is 0. The van der Waals surface area contributed by atoms with Gasteiger partial charge in [0.15, 0.2) is 0 Å². The molecule has 27 heavy (non-hydrogen) atoms. The van der Waals surface area contributed by atoms with Crippen LogP contribution < -0.4 is 4.90 Å². The predicted octanol–water partition coefficient (Wildman–Crippen LogP) is 6.21. The lowest BCUT2D eigenvalue weighted by Gasteiger charge is -2.44. The fourth-order valence-electron chi connectivity index (χ4n) is 3.88. The quantitative estimate of drug-likeness (QED) is 0.398. The zero-order chi connectivity index (χ0) is 20.0. The van der Waals surface area contributed by atoms with Crippen molar-refractivity contribution in [3.05, 3.63) is 65.9 Å². The molecular formula is C25H38N2. The van der Waals surface area contributed by atoms with Gasteiger partial charge in [0.25, 0.3) is 0 Å². The van der Waals surface area contributed by atoms with Crippen LogP contribution in [0.4, 0.5) is 5.69 Å². The van der Waals surface area contributed by atoms with E-state index >= 15 is 0 Å². The van der Waals surface area contributed by atoms with Gasteiger partial charge in [-0.25, -0.2) is 0 Å². The first kappa shape index (κ1) is 21.3. The van der Waals surface area contributed by atoms with Crippen LogP contribution in [0, 0.1) is 5.41 Å². The highest BCUT2D eigenvalue weighted by molar-refractivity contribution is 5.49. The molecule has 0 bridgehead atoms. The van der Waals surface area contributed by atoms with Gasteiger partial charge in [-0.05, 0) is 69.2 Å². The van der Waals surface area contributed by atoms with Crippen molar-refractivity contribution in [2.45, 2.75) is 53.9 Å². The van der Waals surface area contributed by atoms with E-state index < -0.39 is 0 Å². The standard InChI is InChI=1S/C25H38N2/c1-8-23-9-11-24(12-10-23)27(18-21(4)5)19-25(7)13-15-26(16-14-25)22(6)17-20(2)3/h9-12,17H,4,6,8,13-16,18-19H2,1-3,5,7H3. The van der Waals surface area contributed by atoms with Gasteiger partial charge in [-0.3, -0.25) is 0 Å². The van der Waals surface area contributed by atoms with Gasteiger partial charge in [0.2, 0.25) is 0 Å². The lowest BCUT2D eigenvalue weighted by atomic mass is 9.79. The third-order valence-electron chi connectivity index (χ3n) is 5.58. The first-order chi connectivity index (χ1) is 12.7. The van der Waals surface area contributed by atoms with E-state index in [4.69, 9.17) is 0 Å². The van der Waals surface area contributed by atoms with Gasteiger partial charge in [-0.1, -0.05) is 50.3 Å². The summed E-state index contributed by atoms with van der Waals surface area (Å²) in [5.41, 5.74) is 6.72. The fraction of sp³-hybridized carbons (Fsp3) is 0.520. The minimum absolute atomic E-state index is 0.320. The number of anilines is 1. The second-order valence-electron chi connectivity index (χ2n) is 8.84. The average molecular weight is 367 g/mol. The Kier molecular flexibility index (Phi) is 7.35. The Labute approximate surface area is 167 Å². The van der Waals surface area contributed by atoms with E-state index in [0.717, 1.165) is 38.3 Å². The molecule has 1 saturated heterocycles. The second kappa shape index (κ2) is 9.30. The number of aryl methyl sites for hydroxylation is 1. The van der Waals surface area contributed by atoms with E-state index in [9.17, 15) is 0 Å². The Morgan fingerprint density at radius 1 is 1.11 bits per heavy atom. The van der Waals surface area contributed by atoms with Crippen LogP contribution in [0.15, 0.2) is 60.3 Å². The van der Waals surface area contributed by atoms with Crippen LogP contribution in [0.5, 0.6) is 0 Å². The van der Waals surface area contributed by atoms with Crippen LogP contribution in [-0.2, 0) is 6.42 Å². The summed E-state index contributed by atoms with van der Waals surface area (Å²) in [4.78, 5) is 4.95. The van der Waals surface area contributed by atoms with E-state index in [1.807, 2.05) is 0 Å². The zero-order valence-electron chi connectivity index (χ0n) is 18.1. The highest BCUT2D eigenvalue weighted by atomic mass is 15.2. The highest BCUT2D eigenvalue weighted by Gasteiger charge is 2.32. The van der Waals surface area contributed by atoms with Gasteiger partial charge in [-0.2, -0.15) is 0 Å². The molecule has 1 aromatic carbocycles. The maximum Gasteiger partial charge on any atom is 0.0383 e. The third-order valence-corrected chi connectivity index (χ3v) is 5.58. The lowest BCUT2D eigenvalue weighted by Crippen LogP contribution is -2.44. The molecule has 0 amide bonds. The van der Waals surface area contributed by atoms with E-state index in [-0.39, 0.29) is 0 Å². The van der Waals surface area contributed by atoms with Gasteiger partial charge in [0.05, 0.1) is 0 Å².